The van der Waals surface area contributed by atoms with Crippen LogP contribution in [-0.2, 0) is 11.3 Å². The van der Waals surface area contributed by atoms with E-state index in [1.807, 2.05) is 0 Å². The molecule has 1 fully saturated rings. The fourth-order valence-corrected chi connectivity index (χ4v) is 3.42. The average Bonchev–Trinajstić information content (AvgIpc) is 2.48. The van der Waals surface area contributed by atoms with Crippen LogP contribution in [0.2, 0.25) is 0 Å². The van der Waals surface area contributed by atoms with Crippen molar-refractivity contribution in [2.45, 2.75) is 52.7 Å². The molecule has 0 spiro atoms. The van der Waals surface area contributed by atoms with Crippen LogP contribution >= 0.6 is 0 Å². The van der Waals surface area contributed by atoms with Crippen LogP contribution < -0.4 is 5.32 Å². The third-order valence-electron chi connectivity index (χ3n) is 4.74. The van der Waals surface area contributed by atoms with Crippen LogP contribution in [0.1, 0.15) is 45.6 Å². The number of nitrogens with one attached hydrogen (secondary N) is 1. The van der Waals surface area contributed by atoms with Crippen LogP contribution in [0.5, 0.6) is 0 Å². The molecule has 0 bridgehead atoms. The Balaban J connectivity index is 1.66. The van der Waals surface area contributed by atoms with Crippen molar-refractivity contribution in [2.75, 3.05) is 13.2 Å². The molecule has 118 valence electrons. The molecule has 0 radical (unpaired) electrons. The Bertz CT molecular complexity index is 390. The molecule has 2 rings (SSSR count). The molecule has 0 aliphatic heterocycles. The molecule has 3 atom stereocenters. The number of rotatable bonds is 7. The van der Waals surface area contributed by atoms with E-state index in [1.165, 1.54) is 24.8 Å². The van der Waals surface area contributed by atoms with Gasteiger partial charge in [-0.25, -0.2) is 0 Å². The van der Waals surface area contributed by atoms with Crippen molar-refractivity contribution in [3.8, 4) is 0 Å². The molecule has 2 heteroatoms. The normalized spacial score (nSPS) is 26.2. The zero-order valence-corrected chi connectivity index (χ0v) is 13.8. The van der Waals surface area contributed by atoms with Gasteiger partial charge in [-0.1, -0.05) is 57.5 Å². The third-order valence-corrected chi connectivity index (χ3v) is 4.74. The minimum Gasteiger partial charge on any atom is -0.377 e. The maximum Gasteiger partial charge on any atom is 0.0608 e. The highest BCUT2D eigenvalue weighted by atomic mass is 16.5. The summed E-state index contributed by atoms with van der Waals surface area (Å²) < 4.78 is 6.20. The van der Waals surface area contributed by atoms with Crippen molar-refractivity contribution >= 4 is 0 Å². The van der Waals surface area contributed by atoms with Crippen molar-refractivity contribution in [1.29, 1.82) is 0 Å². The van der Waals surface area contributed by atoms with Crippen LogP contribution in [0.3, 0.4) is 0 Å². The Kier molecular flexibility index (Phi) is 6.72. The number of ether oxygens (including phenoxy) is 1. The van der Waals surface area contributed by atoms with E-state index in [-0.39, 0.29) is 0 Å². The van der Waals surface area contributed by atoms with E-state index in [1.54, 1.807) is 0 Å². The Morgan fingerprint density at radius 2 is 1.95 bits per heavy atom. The molecule has 1 saturated carbocycles. The van der Waals surface area contributed by atoms with E-state index >= 15 is 0 Å². The van der Waals surface area contributed by atoms with Gasteiger partial charge in [-0.3, -0.25) is 0 Å². The van der Waals surface area contributed by atoms with Gasteiger partial charge in [0.05, 0.1) is 12.7 Å². The molecule has 1 aromatic carbocycles. The zero-order valence-electron chi connectivity index (χ0n) is 13.8. The van der Waals surface area contributed by atoms with Crippen LogP contribution in [0.4, 0.5) is 0 Å². The average molecular weight is 289 g/mol. The summed E-state index contributed by atoms with van der Waals surface area (Å²) in [5.41, 5.74) is 1.34. The summed E-state index contributed by atoms with van der Waals surface area (Å²) in [7, 11) is 0. The number of benzene rings is 1. The van der Waals surface area contributed by atoms with Crippen LogP contribution in [-0.4, -0.2) is 19.3 Å². The second-order valence-corrected chi connectivity index (χ2v) is 6.90. The standard InChI is InChI=1S/C19H31NO/c1-15(2)18-10-9-16(3)13-19(18)21-12-11-20-14-17-7-5-4-6-8-17/h4-8,15-16,18-20H,9-14H2,1-3H3. The van der Waals surface area contributed by atoms with Gasteiger partial charge in [0.1, 0.15) is 0 Å². The topological polar surface area (TPSA) is 21.3 Å². The summed E-state index contributed by atoms with van der Waals surface area (Å²) in [5.74, 6) is 2.30. The molecule has 0 aromatic heterocycles. The predicted molar refractivity (Wildman–Crippen MR) is 89.2 cm³/mol. The Labute approximate surface area is 130 Å². The molecule has 2 nitrogen and oxygen atoms in total. The second-order valence-electron chi connectivity index (χ2n) is 6.90. The third kappa shape index (κ3) is 5.44. The van der Waals surface area contributed by atoms with Crippen molar-refractivity contribution in [1.82, 2.24) is 5.32 Å². The fraction of sp³-hybridized carbons (Fsp3) is 0.684. The van der Waals surface area contributed by atoms with E-state index in [9.17, 15) is 0 Å². The quantitative estimate of drug-likeness (QED) is 0.758. The van der Waals surface area contributed by atoms with Gasteiger partial charge in [0.25, 0.3) is 0 Å². The van der Waals surface area contributed by atoms with Gasteiger partial charge >= 0.3 is 0 Å². The van der Waals surface area contributed by atoms with Crippen LogP contribution in [0.25, 0.3) is 0 Å². The smallest absolute Gasteiger partial charge is 0.0608 e. The lowest BCUT2D eigenvalue weighted by atomic mass is 9.75. The lowest BCUT2D eigenvalue weighted by Crippen LogP contribution is -2.35. The van der Waals surface area contributed by atoms with Crippen molar-refractivity contribution < 1.29 is 4.74 Å². The molecule has 0 amide bonds. The van der Waals surface area contributed by atoms with Gasteiger partial charge in [0.2, 0.25) is 0 Å². The second kappa shape index (κ2) is 8.55. The summed E-state index contributed by atoms with van der Waals surface area (Å²) in [6, 6.07) is 10.5. The lowest BCUT2D eigenvalue weighted by Gasteiger charge is -2.37. The summed E-state index contributed by atoms with van der Waals surface area (Å²) in [4.78, 5) is 0. The van der Waals surface area contributed by atoms with Gasteiger partial charge in [0, 0.05) is 13.1 Å². The van der Waals surface area contributed by atoms with Gasteiger partial charge in [0.15, 0.2) is 0 Å². The first-order chi connectivity index (χ1) is 10.2. The van der Waals surface area contributed by atoms with Gasteiger partial charge in [-0.2, -0.15) is 0 Å². The molecular formula is C19H31NO. The maximum atomic E-state index is 6.20. The van der Waals surface area contributed by atoms with Crippen LogP contribution in [0, 0.1) is 17.8 Å². The van der Waals surface area contributed by atoms with E-state index in [4.69, 9.17) is 4.74 Å². The molecular weight excluding hydrogens is 258 g/mol. The molecule has 3 unspecified atom stereocenters. The summed E-state index contributed by atoms with van der Waals surface area (Å²) >= 11 is 0. The first-order valence-electron chi connectivity index (χ1n) is 8.53. The van der Waals surface area contributed by atoms with Gasteiger partial charge < -0.3 is 10.1 Å². The highest BCUT2D eigenvalue weighted by Crippen LogP contribution is 2.35. The number of hydrogen-bond donors (Lipinski definition) is 1. The van der Waals surface area contributed by atoms with Crippen molar-refractivity contribution in [3.63, 3.8) is 0 Å². The lowest BCUT2D eigenvalue weighted by molar-refractivity contribution is -0.0367. The molecule has 0 saturated heterocycles. The highest BCUT2D eigenvalue weighted by molar-refractivity contribution is 5.14. The molecule has 1 aliphatic rings. The summed E-state index contributed by atoms with van der Waals surface area (Å²) in [6.45, 7) is 9.73. The predicted octanol–water partition coefficient (Wildman–Crippen LogP) is 4.25. The molecule has 1 aromatic rings. The van der Waals surface area contributed by atoms with E-state index in [0.29, 0.717) is 6.10 Å². The molecule has 21 heavy (non-hydrogen) atoms. The number of hydrogen-bond acceptors (Lipinski definition) is 2. The summed E-state index contributed by atoms with van der Waals surface area (Å²) in [5, 5.41) is 3.47. The Hall–Kier alpha value is -0.860. The maximum absolute atomic E-state index is 6.20. The van der Waals surface area contributed by atoms with Crippen molar-refractivity contribution in [3.05, 3.63) is 35.9 Å². The van der Waals surface area contributed by atoms with Gasteiger partial charge in [-0.05, 0) is 36.2 Å². The van der Waals surface area contributed by atoms with Gasteiger partial charge in [-0.15, -0.1) is 0 Å². The fourth-order valence-electron chi connectivity index (χ4n) is 3.42. The minimum absolute atomic E-state index is 0.465. The Morgan fingerprint density at radius 1 is 1.19 bits per heavy atom. The largest absolute Gasteiger partial charge is 0.377 e. The monoisotopic (exact) mass is 289 g/mol. The first-order valence-corrected chi connectivity index (χ1v) is 8.53. The van der Waals surface area contributed by atoms with Crippen LogP contribution in [0.15, 0.2) is 30.3 Å². The highest BCUT2D eigenvalue weighted by Gasteiger charge is 2.31. The first kappa shape index (κ1) is 16.5. The minimum atomic E-state index is 0.465. The van der Waals surface area contributed by atoms with E-state index in [0.717, 1.165) is 37.5 Å². The Morgan fingerprint density at radius 3 is 2.67 bits per heavy atom. The molecule has 1 aliphatic carbocycles. The molecule has 0 heterocycles. The van der Waals surface area contributed by atoms with E-state index < -0.39 is 0 Å². The van der Waals surface area contributed by atoms with E-state index in [2.05, 4.69) is 56.4 Å². The van der Waals surface area contributed by atoms with Crippen molar-refractivity contribution in [2.24, 2.45) is 17.8 Å². The summed E-state index contributed by atoms with van der Waals surface area (Å²) in [6.07, 6.45) is 4.41. The molecule has 1 N–H and O–H groups in total. The SMILES string of the molecule is CC1CCC(C(C)C)C(OCCNCc2ccccc2)C1. The zero-order chi connectivity index (χ0) is 15.1.